The molecule has 1 N–H and O–H groups in total. The van der Waals surface area contributed by atoms with Crippen molar-refractivity contribution in [1.82, 2.24) is 5.32 Å². The molecule has 0 amide bonds. The molecule has 0 aromatic carbocycles. The Balaban J connectivity index is 3.11. The summed E-state index contributed by atoms with van der Waals surface area (Å²) >= 11 is 0. The molecule has 0 aliphatic carbocycles. The quantitative estimate of drug-likeness (QED) is 0.462. The average molecular weight is 229 g/mol. The van der Waals surface area contributed by atoms with Gasteiger partial charge in [0.05, 0.1) is 6.61 Å². The van der Waals surface area contributed by atoms with E-state index in [0.717, 1.165) is 38.3 Å². The third kappa shape index (κ3) is 11.5. The Bertz CT molecular complexity index is 169. The molecule has 3 nitrogen and oxygen atoms in total. The maximum Gasteiger partial charge on any atom is 0.305 e. The van der Waals surface area contributed by atoms with E-state index in [9.17, 15) is 4.79 Å². The van der Waals surface area contributed by atoms with Gasteiger partial charge >= 0.3 is 5.97 Å². The van der Waals surface area contributed by atoms with Crippen LogP contribution >= 0.6 is 0 Å². The van der Waals surface area contributed by atoms with Crippen molar-refractivity contribution in [1.29, 1.82) is 0 Å². The molecule has 0 unspecified atom stereocenters. The van der Waals surface area contributed by atoms with Crippen molar-refractivity contribution in [2.45, 2.75) is 52.9 Å². The number of carbonyl (C=O) groups is 1. The van der Waals surface area contributed by atoms with Crippen molar-refractivity contribution in [2.24, 2.45) is 5.92 Å². The SMILES string of the molecule is CCCCC(=O)OCCCNCCC(C)C. The second-order valence-electron chi connectivity index (χ2n) is 4.61. The molecular weight excluding hydrogens is 202 g/mol. The first-order valence-electron chi connectivity index (χ1n) is 6.53. The highest BCUT2D eigenvalue weighted by Crippen LogP contribution is 1.97. The molecule has 0 aliphatic heterocycles. The zero-order valence-corrected chi connectivity index (χ0v) is 11.1. The molecule has 0 rings (SSSR count). The van der Waals surface area contributed by atoms with Gasteiger partial charge in [-0.2, -0.15) is 0 Å². The lowest BCUT2D eigenvalue weighted by Crippen LogP contribution is -2.20. The molecule has 0 saturated heterocycles. The Hall–Kier alpha value is -0.570. The fraction of sp³-hybridized carbons (Fsp3) is 0.923. The standard InChI is InChI=1S/C13H27NO2/c1-4-5-7-13(15)16-11-6-9-14-10-8-12(2)3/h12,14H,4-11H2,1-3H3. The van der Waals surface area contributed by atoms with Crippen molar-refractivity contribution in [3.8, 4) is 0 Å². The number of ether oxygens (including phenoxy) is 1. The molecule has 0 radical (unpaired) electrons. The summed E-state index contributed by atoms with van der Waals surface area (Å²) in [7, 11) is 0. The smallest absolute Gasteiger partial charge is 0.305 e. The Morgan fingerprint density at radius 3 is 2.62 bits per heavy atom. The van der Waals surface area contributed by atoms with Crippen LogP contribution in [-0.4, -0.2) is 25.7 Å². The Morgan fingerprint density at radius 2 is 2.00 bits per heavy atom. The summed E-state index contributed by atoms with van der Waals surface area (Å²) in [4.78, 5) is 11.1. The van der Waals surface area contributed by atoms with Gasteiger partial charge in [-0.05, 0) is 38.3 Å². The molecular formula is C13H27NO2. The summed E-state index contributed by atoms with van der Waals surface area (Å²) in [5, 5.41) is 3.34. The topological polar surface area (TPSA) is 38.3 Å². The van der Waals surface area contributed by atoms with Crippen molar-refractivity contribution in [2.75, 3.05) is 19.7 Å². The minimum atomic E-state index is -0.0518. The highest BCUT2D eigenvalue weighted by Gasteiger charge is 2.00. The van der Waals surface area contributed by atoms with Gasteiger partial charge in [-0.1, -0.05) is 27.2 Å². The van der Waals surface area contributed by atoms with Crippen LogP contribution in [0.1, 0.15) is 52.9 Å². The van der Waals surface area contributed by atoms with Gasteiger partial charge in [-0.3, -0.25) is 4.79 Å². The molecule has 0 aliphatic rings. The van der Waals surface area contributed by atoms with Crippen LogP contribution in [-0.2, 0) is 9.53 Å². The van der Waals surface area contributed by atoms with Gasteiger partial charge in [0.2, 0.25) is 0 Å². The molecule has 16 heavy (non-hydrogen) atoms. The van der Waals surface area contributed by atoms with Crippen LogP contribution in [0, 0.1) is 5.92 Å². The summed E-state index contributed by atoms with van der Waals surface area (Å²) in [6.07, 6.45) is 4.67. The predicted molar refractivity (Wildman–Crippen MR) is 67.4 cm³/mol. The molecule has 3 heteroatoms. The van der Waals surface area contributed by atoms with Crippen LogP contribution in [0.15, 0.2) is 0 Å². The molecule has 0 spiro atoms. The molecule has 0 heterocycles. The van der Waals surface area contributed by atoms with Crippen molar-refractivity contribution >= 4 is 5.97 Å². The van der Waals surface area contributed by atoms with Gasteiger partial charge in [0.25, 0.3) is 0 Å². The van der Waals surface area contributed by atoms with Crippen LogP contribution in [0.2, 0.25) is 0 Å². The second kappa shape index (κ2) is 10.9. The monoisotopic (exact) mass is 229 g/mol. The van der Waals surface area contributed by atoms with Gasteiger partial charge < -0.3 is 10.1 Å². The fourth-order valence-corrected chi connectivity index (χ4v) is 1.29. The maximum absolute atomic E-state index is 11.1. The molecule has 0 aromatic heterocycles. The number of carbonyl (C=O) groups excluding carboxylic acids is 1. The van der Waals surface area contributed by atoms with Gasteiger partial charge in [0.1, 0.15) is 0 Å². The van der Waals surface area contributed by atoms with Crippen LogP contribution in [0.3, 0.4) is 0 Å². The Labute approximate surface area is 99.9 Å². The van der Waals surface area contributed by atoms with E-state index < -0.39 is 0 Å². The lowest BCUT2D eigenvalue weighted by Gasteiger charge is -2.07. The zero-order chi connectivity index (χ0) is 12.2. The van der Waals surface area contributed by atoms with E-state index in [0.29, 0.717) is 13.0 Å². The molecule has 0 atom stereocenters. The van der Waals surface area contributed by atoms with Gasteiger partial charge in [0.15, 0.2) is 0 Å². The summed E-state index contributed by atoms with van der Waals surface area (Å²) in [5.74, 6) is 0.698. The molecule has 0 fully saturated rings. The number of unbranched alkanes of at least 4 members (excludes halogenated alkanes) is 1. The van der Waals surface area contributed by atoms with Crippen molar-refractivity contribution in [3.63, 3.8) is 0 Å². The van der Waals surface area contributed by atoms with Crippen LogP contribution < -0.4 is 5.32 Å². The number of esters is 1. The number of rotatable bonds is 10. The van der Waals surface area contributed by atoms with Crippen LogP contribution in [0.4, 0.5) is 0 Å². The number of hydrogen-bond donors (Lipinski definition) is 1. The summed E-state index contributed by atoms with van der Waals surface area (Å²) in [5.41, 5.74) is 0. The fourth-order valence-electron chi connectivity index (χ4n) is 1.29. The van der Waals surface area contributed by atoms with E-state index in [1.165, 1.54) is 6.42 Å². The third-order valence-corrected chi connectivity index (χ3v) is 2.39. The Kier molecular flexibility index (Phi) is 10.5. The zero-order valence-electron chi connectivity index (χ0n) is 11.1. The summed E-state index contributed by atoms with van der Waals surface area (Å²) in [6, 6.07) is 0. The minimum absolute atomic E-state index is 0.0518. The highest BCUT2D eigenvalue weighted by atomic mass is 16.5. The normalized spacial score (nSPS) is 10.8. The number of hydrogen-bond acceptors (Lipinski definition) is 3. The van der Waals surface area contributed by atoms with E-state index in [2.05, 4.69) is 26.1 Å². The largest absolute Gasteiger partial charge is 0.466 e. The molecule has 0 bridgehead atoms. The summed E-state index contributed by atoms with van der Waals surface area (Å²) in [6.45, 7) is 9.06. The highest BCUT2D eigenvalue weighted by molar-refractivity contribution is 5.69. The first-order valence-corrected chi connectivity index (χ1v) is 6.53. The number of nitrogens with one attached hydrogen (secondary N) is 1. The molecule has 96 valence electrons. The van der Waals surface area contributed by atoms with E-state index >= 15 is 0 Å². The molecule has 0 saturated carbocycles. The Morgan fingerprint density at radius 1 is 1.25 bits per heavy atom. The van der Waals surface area contributed by atoms with Crippen molar-refractivity contribution < 1.29 is 9.53 Å². The van der Waals surface area contributed by atoms with Crippen molar-refractivity contribution in [3.05, 3.63) is 0 Å². The van der Waals surface area contributed by atoms with E-state index in [1.54, 1.807) is 0 Å². The summed E-state index contributed by atoms with van der Waals surface area (Å²) < 4.78 is 5.09. The minimum Gasteiger partial charge on any atom is -0.466 e. The lowest BCUT2D eigenvalue weighted by atomic mass is 10.1. The predicted octanol–water partition coefficient (Wildman–Crippen LogP) is 2.75. The first kappa shape index (κ1) is 15.4. The first-order chi connectivity index (χ1) is 7.66. The van der Waals surface area contributed by atoms with E-state index in [-0.39, 0.29) is 5.97 Å². The van der Waals surface area contributed by atoms with Crippen LogP contribution in [0.25, 0.3) is 0 Å². The average Bonchev–Trinajstić information content (AvgIpc) is 2.24. The maximum atomic E-state index is 11.1. The van der Waals surface area contributed by atoms with Gasteiger partial charge in [-0.15, -0.1) is 0 Å². The van der Waals surface area contributed by atoms with Gasteiger partial charge in [0, 0.05) is 6.42 Å². The van der Waals surface area contributed by atoms with E-state index in [4.69, 9.17) is 4.74 Å². The lowest BCUT2D eigenvalue weighted by molar-refractivity contribution is -0.143. The molecule has 0 aromatic rings. The second-order valence-corrected chi connectivity index (χ2v) is 4.61. The van der Waals surface area contributed by atoms with E-state index in [1.807, 2.05) is 0 Å². The van der Waals surface area contributed by atoms with Crippen LogP contribution in [0.5, 0.6) is 0 Å². The third-order valence-electron chi connectivity index (χ3n) is 2.39. The van der Waals surface area contributed by atoms with Gasteiger partial charge in [-0.25, -0.2) is 0 Å².